The van der Waals surface area contributed by atoms with Gasteiger partial charge in [0.25, 0.3) is 0 Å². The van der Waals surface area contributed by atoms with Crippen LogP contribution in [0.15, 0.2) is 48.7 Å². The van der Waals surface area contributed by atoms with Crippen molar-refractivity contribution in [3.8, 4) is 17.2 Å². The van der Waals surface area contributed by atoms with Crippen LogP contribution in [0.4, 0.5) is 0 Å². The van der Waals surface area contributed by atoms with Crippen LogP contribution in [-0.4, -0.2) is 55.7 Å². The van der Waals surface area contributed by atoms with E-state index in [1.807, 2.05) is 12.1 Å². The first-order chi connectivity index (χ1) is 17.9. The van der Waals surface area contributed by atoms with E-state index in [0.717, 1.165) is 41.9 Å². The molecule has 3 aliphatic carbocycles. The molecular weight excluding hydrogens is 468 g/mol. The Hall–Kier alpha value is -3.42. The van der Waals surface area contributed by atoms with Crippen molar-refractivity contribution in [1.82, 2.24) is 9.88 Å². The zero-order valence-electron chi connectivity index (χ0n) is 20.4. The topological polar surface area (TPSA) is 103 Å². The molecule has 3 aromatic rings. The maximum atomic E-state index is 13.3. The van der Waals surface area contributed by atoms with E-state index >= 15 is 0 Å². The van der Waals surface area contributed by atoms with Gasteiger partial charge < -0.3 is 20.1 Å². The monoisotopic (exact) mass is 496 g/mol. The fourth-order valence-electron chi connectivity index (χ4n) is 7.79. The minimum Gasteiger partial charge on any atom is -0.507 e. The predicted octanol–water partition coefficient (Wildman–Crippen LogP) is 3.42. The molecule has 1 saturated heterocycles. The second kappa shape index (κ2) is 7.11. The van der Waals surface area contributed by atoms with Crippen LogP contribution in [0.2, 0.25) is 0 Å². The van der Waals surface area contributed by atoms with Crippen LogP contribution in [0.5, 0.6) is 17.2 Å². The van der Waals surface area contributed by atoms with E-state index in [1.165, 1.54) is 18.9 Å². The standard InChI is InChI=1S/C30H28N2O5/c33-21-4-2-1-3-20(21)26(35)19-11-18-13-30(36)23-12-17-7-8-22(34)27-24(17)29(30,28(37-27)25(18)31-14-19)9-10-32(23)15-16-5-6-16/h1-4,7-8,11,14,16,23,28,33-34,36H,5-6,9-10,12-13,15H2/t23-,28-,29-,30+/m0/s1. The van der Waals surface area contributed by atoms with Crippen LogP contribution in [0, 0.1) is 5.92 Å². The van der Waals surface area contributed by atoms with Gasteiger partial charge in [0, 0.05) is 36.3 Å². The molecular formula is C30H28N2O5. The van der Waals surface area contributed by atoms with Crippen molar-refractivity contribution in [2.75, 3.05) is 13.1 Å². The minimum atomic E-state index is -1.12. The summed E-state index contributed by atoms with van der Waals surface area (Å²) in [5, 5.41) is 33.8. The number of para-hydroxylation sites is 1. The van der Waals surface area contributed by atoms with E-state index < -0.39 is 17.1 Å². The highest BCUT2D eigenvalue weighted by Crippen LogP contribution is 2.68. The number of hydrogen-bond donors (Lipinski definition) is 3. The Kier molecular flexibility index (Phi) is 4.16. The number of rotatable bonds is 4. The summed E-state index contributed by atoms with van der Waals surface area (Å²) in [7, 11) is 0. The zero-order chi connectivity index (χ0) is 25.1. The first-order valence-corrected chi connectivity index (χ1v) is 13.2. The van der Waals surface area contributed by atoms with E-state index in [0.29, 0.717) is 30.1 Å². The summed E-state index contributed by atoms with van der Waals surface area (Å²) in [5.74, 6) is 0.884. The van der Waals surface area contributed by atoms with Gasteiger partial charge in [-0.05, 0) is 73.5 Å². The molecule has 4 atom stereocenters. The number of benzene rings is 2. The number of likely N-dealkylation sites (tertiary alicyclic amines) is 1. The molecule has 7 nitrogen and oxygen atoms in total. The molecule has 2 fully saturated rings. The third kappa shape index (κ3) is 2.68. The second-order valence-electron chi connectivity index (χ2n) is 11.5. The molecule has 7 heteroatoms. The molecule has 1 spiro atoms. The van der Waals surface area contributed by atoms with Crippen molar-refractivity contribution in [2.24, 2.45) is 5.92 Å². The van der Waals surface area contributed by atoms with Crippen LogP contribution in [-0.2, 0) is 18.3 Å². The van der Waals surface area contributed by atoms with Gasteiger partial charge in [-0.25, -0.2) is 0 Å². The Morgan fingerprint density at radius 1 is 1.11 bits per heavy atom. The summed E-state index contributed by atoms with van der Waals surface area (Å²) in [5.41, 5.74) is 2.37. The molecule has 1 aromatic heterocycles. The lowest BCUT2D eigenvalue weighted by Crippen LogP contribution is -2.74. The average molecular weight is 497 g/mol. The Bertz CT molecular complexity index is 1500. The summed E-state index contributed by atoms with van der Waals surface area (Å²) in [4.78, 5) is 20.5. The van der Waals surface area contributed by atoms with E-state index in [4.69, 9.17) is 9.72 Å². The Morgan fingerprint density at radius 3 is 2.76 bits per heavy atom. The number of piperidine rings is 1. The summed E-state index contributed by atoms with van der Waals surface area (Å²) in [6.07, 6.45) is 5.28. The summed E-state index contributed by atoms with van der Waals surface area (Å²) in [6, 6.07) is 11.9. The maximum Gasteiger partial charge on any atom is 0.198 e. The van der Waals surface area contributed by atoms with Gasteiger partial charge in [0.2, 0.25) is 0 Å². The first kappa shape index (κ1) is 21.6. The molecule has 8 rings (SSSR count). The first-order valence-electron chi connectivity index (χ1n) is 13.2. The number of carbonyl (C=O) groups excluding carboxylic acids is 1. The Morgan fingerprint density at radius 2 is 1.95 bits per heavy atom. The number of phenolic OH excluding ortho intramolecular Hbond substituents is 2. The molecule has 2 aliphatic heterocycles. The number of nitrogens with zero attached hydrogens (tertiary/aromatic N) is 2. The SMILES string of the molecule is O=C(c1cnc2c(c1)C[C@@]1(O)[C@@H]3Cc4ccc(O)c5c4[C@@]1(CCN3CC1CC1)[C@H]2O5)c1ccccc1O. The molecule has 188 valence electrons. The van der Waals surface area contributed by atoms with Crippen LogP contribution in [0.3, 0.4) is 0 Å². The molecule has 0 amide bonds. The molecule has 3 heterocycles. The van der Waals surface area contributed by atoms with Gasteiger partial charge in [-0.3, -0.25) is 14.7 Å². The van der Waals surface area contributed by atoms with Crippen LogP contribution >= 0.6 is 0 Å². The van der Waals surface area contributed by atoms with Crippen LogP contribution in [0.1, 0.15) is 63.7 Å². The number of aromatic nitrogens is 1. The lowest BCUT2D eigenvalue weighted by Gasteiger charge is -2.63. The van der Waals surface area contributed by atoms with Crippen molar-refractivity contribution in [2.45, 2.75) is 55.3 Å². The maximum absolute atomic E-state index is 13.3. The fourth-order valence-corrected chi connectivity index (χ4v) is 7.79. The molecule has 3 N–H and O–H groups in total. The highest BCUT2D eigenvalue weighted by Gasteiger charge is 2.72. The van der Waals surface area contributed by atoms with Crippen molar-refractivity contribution >= 4 is 5.78 Å². The Balaban J connectivity index is 1.30. The smallest absolute Gasteiger partial charge is 0.198 e. The molecule has 2 aromatic carbocycles. The highest BCUT2D eigenvalue weighted by molar-refractivity contribution is 6.10. The van der Waals surface area contributed by atoms with E-state index in [2.05, 4.69) is 4.90 Å². The molecule has 2 bridgehead atoms. The van der Waals surface area contributed by atoms with Gasteiger partial charge in [0.15, 0.2) is 23.4 Å². The number of ketones is 1. The van der Waals surface area contributed by atoms with Gasteiger partial charge in [0.05, 0.1) is 22.3 Å². The summed E-state index contributed by atoms with van der Waals surface area (Å²) >= 11 is 0. The van der Waals surface area contributed by atoms with E-state index in [1.54, 1.807) is 30.5 Å². The number of aliphatic hydroxyl groups is 1. The molecule has 0 unspecified atom stereocenters. The summed E-state index contributed by atoms with van der Waals surface area (Å²) in [6.45, 7) is 1.86. The molecule has 1 saturated carbocycles. The third-order valence-electron chi connectivity index (χ3n) is 9.63. The van der Waals surface area contributed by atoms with Gasteiger partial charge in [0.1, 0.15) is 5.75 Å². The number of pyridine rings is 1. The average Bonchev–Trinajstić information content (AvgIpc) is 3.63. The summed E-state index contributed by atoms with van der Waals surface area (Å²) < 4.78 is 6.52. The number of carbonyl (C=O) groups is 1. The van der Waals surface area contributed by atoms with Crippen LogP contribution in [0.25, 0.3) is 0 Å². The highest BCUT2D eigenvalue weighted by atomic mass is 16.5. The number of aromatic hydroxyl groups is 2. The molecule has 0 radical (unpaired) electrons. The van der Waals surface area contributed by atoms with Crippen molar-refractivity contribution in [1.29, 1.82) is 0 Å². The van der Waals surface area contributed by atoms with E-state index in [9.17, 15) is 20.1 Å². The lowest BCUT2D eigenvalue weighted by atomic mass is 9.49. The number of ether oxygens (including phenoxy) is 1. The predicted molar refractivity (Wildman–Crippen MR) is 134 cm³/mol. The van der Waals surface area contributed by atoms with Gasteiger partial charge in [-0.2, -0.15) is 0 Å². The minimum absolute atomic E-state index is 0.0714. The number of phenols is 2. The van der Waals surface area contributed by atoms with Gasteiger partial charge in [-0.1, -0.05) is 18.2 Å². The zero-order valence-corrected chi connectivity index (χ0v) is 20.4. The normalized spacial score (nSPS) is 30.8. The second-order valence-corrected chi connectivity index (χ2v) is 11.5. The third-order valence-corrected chi connectivity index (χ3v) is 9.63. The van der Waals surface area contributed by atoms with Crippen molar-refractivity contribution < 1.29 is 24.9 Å². The van der Waals surface area contributed by atoms with Gasteiger partial charge in [-0.15, -0.1) is 0 Å². The van der Waals surface area contributed by atoms with Crippen molar-refractivity contribution in [3.05, 3.63) is 82.2 Å². The van der Waals surface area contributed by atoms with Crippen LogP contribution < -0.4 is 4.74 Å². The largest absolute Gasteiger partial charge is 0.507 e. The fraction of sp³-hybridized carbons (Fsp3) is 0.400. The van der Waals surface area contributed by atoms with E-state index in [-0.39, 0.29) is 28.9 Å². The molecule has 37 heavy (non-hydrogen) atoms. The number of hydrogen-bond acceptors (Lipinski definition) is 7. The lowest BCUT2D eigenvalue weighted by molar-refractivity contribution is -0.173. The van der Waals surface area contributed by atoms with Gasteiger partial charge >= 0.3 is 0 Å². The Labute approximate surface area is 214 Å². The quantitative estimate of drug-likeness (QED) is 0.476. The van der Waals surface area contributed by atoms with Crippen molar-refractivity contribution in [3.63, 3.8) is 0 Å². The molecule has 5 aliphatic rings. The number of fused-ring (bicyclic) bond motifs is 2.